The van der Waals surface area contributed by atoms with Crippen LogP contribution in [0.2, 0.25) is 5.02 Å². The maximum Gasteiger partial charge on any atom is 0.220 e. The number of halogens is 2. The number of rotatable bonds is 6. The molecule has 0 bridgehead atoms. The fourth-order valence-electron chi connectivity index (χ4n) is 1.53. The van der Waals surface area contributed by atoms with Gasteiger partial charge in [-0.3, -0.25) is 4.79 Å². The lowest BCUT2D eigenvalue weighted by molar-refractivity contribution is -0.121. The number of hydrogen-bond acceptors (Lipinski definition) is 1. The van der Waals surface area contributed by atoms with Gasteiger partial charge in [0.2, 0.25) is 5.91 Å². The number of amides is 1. The second kappa shape index (κ2) is 7.72. The van der Waals surface area contributed by atoms with Crippen LogP contribution in [-0.4, -0.2) is 11.2 Å². The van der Waals surface area contributed by atoms with Crippen LogP contribution in [0.3, 0.4) is 0 Å². The Balaban J connectivity index is 2.40. The molecule has 94 valence electrons. The molecule has 0 aliphatic rings. The lowest BCUT2D eigenvalue weighted by Crippen LogP contribution is -2.26. The van der Waals surface area contributed by atoms with Crippen LogP contribution in [0.5, 0.6) is 0 Å². The summed E-state index contributed by atoms with van der Waals surface area (Å²) < 4.78 is 0. The Hall–Kier alpha value is -0.540. The van der Waals surface area contributed by atoms with Gasteiger partial charge in [0.25, 0.3) is 0 Å². The van der Waals surface area contributed by atoms with Crippen molar-refractivity contribution in [2.45, 2.75) is 32.2 Å². The van der Waals surface area contributed by atoms with Crippen molar-refractivity contribution < 1.29 is 4.79 Å². The maximum atomic E-state index is 11.6. The van der Waals surface area contributed by atoms with E-state index in [4.69, 9.17) is 11.6 Å². The summed E-state index contributed by atoms with van der Waals surface area (Å²) in [5.41, 5.74) is 1.07. The molecule has 1 aromatic rings. The Morgan fingerprint density at radius 3 is 2.59 bits per heavy atom. The molecule has 1 unspecified atom stereocenters. The third kappa shape index (κ3) is 5.55. The van der Waals surface area contributed by atoms with Crippen LogP contribution < -0.4 is 5.32 Å². The van der Waals surface area contributed by atoms with Crippen molar-refractivity contribution in [3.63, 3.8) is 0 Å². The van der Waals surface area contributed by atoms with E-state index >= 15 is 0 Å². The Kier molecular flexibility index (Phi) is 6.60. The predicted octanol–water partition coefficient (Wildman–Crippen LogP) is 4.08. The van der Waals surface area contributed by atoms with Gasteiger partial charge in [-0.15, -0.1) is 0 Å². The zero-order valence-electron chi connectivity index (χ0n) is 9.88. The second-order valence-electron chi connectivity index (χ2n) is 3.99. The Morgan fingerprint density at radius 2 is 2.00 bits per heavy atom. The molecule has 0 saturated carbocycles. The monoisotopic (exact) mass is 317 g/mol. The summed E-state index contributed by atoms with van der Waals surface area (Å²) in [5, 5.41) is 4.64. The summed E-state index contributed by atoms with van der Waals surface area (Å²) in [5.74, 6) is 0.105. The van der Waals surface area contributed by atoms with Crippen LogP contribution >= 0.6 is 27.5 Å². The fraction of sp³-hybridized carbons (Fsp3) is 0.462. The molecule has 1 N–H and O–H groups in total. The molecule has 4 heteroatoms. The van der Waals surface area contributed by atoms with Crippen molar-refractivity contribution in [1.29, 1.82) is 0 Å². The Labute approximate surface area is 116 Å². The normalized spacial score (nSPS) is 12.2. The highest BCUT2D eigenvalue weighted by atomic mass is 79.9. The zero-order valence-corrected chi connectivity index (χ0v) is 12.2. The van der Waals surface area contributed by atoms with Crippen LogP contribution in [0.4, 0.5) is 0 Å². The van der Waals surface area contributed by atoms with E-state index in [9.17, 15) is 4.79 Å². The highest BCUT2D eigenvalue weighted by Crippen LogP contribution is 2.16. The molecule has 0 radical (unpaired) electrons. The Bertz CT molecular complexity index is 353. The largest absolute Gasteiger partial charge is 0.350 e. The van der Waals surface area contributed by atoms with Gasteiger partial charge < -0.3 is 5.32 Å². The van der Waals surface area contributed by atoms with E-state index in [1.165, 1.54) is 0 Å². The number of carbonyl (C=O) groups is 1. The SMILES string of the molecule is CC(NC(=O)CCCCBr)c1ccc(Cl)cc1. The number of alkyl halides is 1. The molecule has 0 aliphatic heterocycles. The van der Waals surface area contributed by atoms with Crippen molar-refractivity contribution in [2.24, 2.45) is 0 Å². The lowest BCUT2D eigenvalue weighted by atomic mass is 10.1. The minimum absolute atomic E-state index is 0.0312. The molecule has 1 rings (SSSR count). The van der Waals surface area contributed by atoms with Gasteiger partial charge in [0.1, 0.15) is 0 Å². The van der Waals surface area contributed by atoms with Gasteiger partial charge in [0, 0.05) is 16.8 Å². The third-order valence-corrected chi connectivity index (χ3v) is 3.35. The van der Waals surface area contributed by atoms with Gasteiger partial charge in [0.05, 0.1) is 6.04 Å². The molecule has 1 atom stereocenters. The smallest absolute Gasteiger partial charge is 0.220 e. The molecule has 0 aliphatic carbocycles. The van der Waals surface area contributed by atoms with Gasteiger partial charge in [-0.05, 0) is 37.5 Å². The molecule has 1 aromatic carbocycles. The van der Waals surface area contributed by atoms with E-state index in [0.717, 1.165) is 23.7 Å². The molecular formula is C13H17BrClNO. The molecule has 0 spiro atoms. The first-order valence-electron chi connectivity index (χ1n) is 5.74. The summed E-state index contributed by atoms with van der Waals surface area (Å²) in [7, 11) is 0. The average molecular weight is 319 g/mol. The van der Waals surface area contributed by atoms with E-state index in [2.05, 4.69) is 21.2 Å². The predicted molar refractivity (Wildman–Crippen MR) is 75.7 cm³/mol. The van der Waals surface area contributed by atoms with Gasteiger partial charge in [-0.2, -0.15) is 0 Å². The summed E-state index contributed by atoms with van der Waals surface area (Å²) in [6.07, 6.45) is 2.54. The quantitative estimate of drug-likeness (QED) is 0.621. The number of carbonyl (C=O) groups excluding carboxylic acids is 1. The molecule has 1 amide bonds. The summed E-state index contributed by atoms with van der Waals surface area (Å²) in [6.45, 7) is 1.98. The number of nitrogens with one attached hydrogen (secondary N) is 1. The molecule has 0 heterocycles. The van der Waals surface area contributed by atoms with Crippen LogP contribution in [0.15, 0.2) is 24.3 Å². The number of hydrogen-bond donors (Lipinski definition) is 1. The third-order valence-electron chi connectivity index (χ3n) is 2.53. The minimum Gasteiger partial charge on any atom is -0.350 e. The molecule has 17 heavy (non-hydrogen) atoms. The van der Waals surface area contributed by atoms with Crippen molar-refractivity contribution in [2.75, 3.05) is 5.33 Å². The van der Waals surface area contributed by atoms with Gasteiger partial charge in [0.15, 0.2) is 0 Å². The van der Waals surface area contributed by atoms with Crippen LogP contribution in [0.1, 0.15) is 37.8 Å². The van der Waals surface area contributed by atoms with E-state index in [-0.39, 0.29) is 11.9 Å². The van der Waals surface area contributed by atoms with E-state index in [1.54, 1.807) is 0 Å². The van der Waals surface area contributed by atoms with Crippen molar-refractivity contribution >= 4 is 33.4 Å². The molecule has 0 aromatic heterocycles. The number of unbranched alkanes of at least 4 members (excludes halogenated alkanes) is 1. The first kappa shape index (κ1) is 14.5. The summed E-state index contributed by atoms with van der Waals surface area (Å²) in [6, 6.07) is 7.58. The van der Waals surface area contributed by atoms with Crippen LogP contribution in [0, 0.1) is 0 Å². The molecular weight excluding hydrogens is 302 g/mol. The fourth-order valence-corrected chi connectivity index (χ4v) is 2.05. The van der Waals surface area contributed by atoms with Crippen LogP contribution in [0.25, 0.3) is 0 Å². The van der Waals surface area contributed by atoms with E-state index in [1.807, 2.05) is 31.2 Å². The van der Waals surface area contributed by atoms with E-state index < -0.39 is 0 Å². The van der Waals surface area contributed by atoms with Crippen molar-refractivity contribution in [3.05, 3.63) is 34.9 Å². The van der Waals surface area contributed by atoms with Crippen LogP contribution in [-0.2, 0) is 4.79 Å². The van der Waals surface area contributed by atoms with Gasteiger partial charge in [-0.25, -0.2) is 0 Å². The van der Waals surface area contributed by atoms with Crippen molar-refractivity contribution in [1.82, 2.24) is 5.32 Å². The lowest BCUT2D eigenvalue weighted by Gasteiger charge is -2.14. The molecule has 2 nitrogen and oxygen atoms in total. The maximum absolute atomic E-state index is 11.6. The summed E-state index contributed by atoms with van der Waals surface area (Å²) >= 11 is 9.16. The van der Waals surface area contributed by atoms with Gasteiger partial charge >= 0.3 is 0 Å². The first-order chi connectivity index (χ1) is 8.13. The highest BCUT2D eigenvalue weighted by molar-refractivity contribution is 9.09. The molecule has 0 fully saturated rings. The molecule has 0 saturated heterocycles. The Morgan fingerprint density at radius 1 is 1.35 bits per heavy atom. The standard InChI is InChI=1S/C13H17BrClNO/c1-10(11-5-7-12(15)8-6-11)16-13(17)4-2-3-9-14/h5-8,10H,2-4,9H2,1H3,(H,16,17). The topological polar surface area (TPSA) is 29.1 Å². The summed E-state index contributed by atoms with van der Waals surface area (Å²) in [4.78, 5) is 11.6. The zero-order chi connectivity index (χ0) is 12.7. The van der Waals surface area contributed by atoms with E-state index in [0.29, 0.717) is 11.4 Å². The van der Waals surface area contributed by atoms with Crippen molar-refractivity contribution in [3.8, 4) is 0 Å². The van der Waals surface area contributed by atoms with Gasteiger partial charge in [-0.1, -0.05) is 39.7 Å². The highest BCUT2D eigenvalue weighted by Gasteiger charge is 2.08. The average Bonchev–Trinajstić information content (AvgIpc) is 2.30. The second-order valence-corrected chi connectivity index (χ2v) is 5.22. The number of benzene rings is 1. The minimum atomic E-state index is 0.0312. The first-order valence-corrected chi connectivity index (χ1v) is 7.24.